The number of halogens is 1. The number of rotatable bonds is 0. The maximum Gasteiger partial charge on any atom is 0.161 e. The lowest BCUT2D eigenvalue weighted by molar-refractivity contribution is 0.355. The Morgan fingerprint density at radius 3 is 2.08 bits per heavy atom. The first-order valence-electron chi connectivity index (χ1n) is 4.03. The second-order valence-corrected chi connectivity index (χ2v) is 3.01. The Labute approximate surface area is 81.7 Å². The summed E-state index contributed by atoms with van der Waals surface area (Å²) < 4.78 is 10.9. The van der Waals surface area contributed by atoms with Crippen LogP contribution in [0, 0.1) is 0 Å². The van der Waals surface area contributed by atoms with Crippen LogP contribution in [0.15, 0.2) is 35.4 Å². The van der Waals surface area contributed by atoms with Gasteiger partial charge >= 0.3 is 0 Å². The van der Waals surface area contributed by atoms with Gasteiger partial charge in [0, 0.05) is 11.1 Å². The average molecular weight is 197 g/mol. The van der Waals surface area contributed by atoms with Crippen molar-refractivity contribution in [3.63, 3.8) is 0 Å². The molecule has 0 fully saturated rings. The van der Waals surface area contributed by atoms with Gasteiger partial charge in [0.25, 0.3) is 0 Å². The zero-order chi connectivity index (χ0) is 9.10. The van der Waals surface area contributed by atoms with Gasteiger partial charge < -0.3 is 9.47 Å². The van der Waals surface area contributed by atoms with E-state index >= 15 is 0 Å². The molecule has 0 saturated carbocycles. The van der Waals surface area contributed by atoms with Crippen LogP contribution in [0.1, 0.15) is 0 Å². The molecule has 1 aromatic rings. The van der Waals surface area contributed by atoms with E-state index in [4.69, 9.17) is 21.1 Å². The Balaban J connectivity index is 2.26. The third kappa shape index (κ3) is 1.78. The monoisotopic (exact) mass is 196 g/mol. The van der Waals surface area contributed by atoms with Crippen LogP contribution in [0.4, 0.5) is 0 Å². The van der Waals surface area contributed by atoms with Crippen molar-refractivity contribution in [3.05, 3.63) is 35.4 Å². The lowest BCUT2D eigenvalue weighted by atomic mass is 10.3. The number of fused-ring (bicyclic) bond motifs is 1. The molecule has 0 aromatic heterocycles. The van der Waals surface area contributed by atoms with Crippen molar-refractivity contribution < 1.29 is 9.47 Å². The summed E-state index contributed by atoms with van der Waals surface area (Å²) in [6.45, 7) is 1.00. The fourth-order valence-corrected chi connectivity index (χ4v) is 1.26. The van der Waals surface area contributed by atoms with Gasteiger partial charge in [0.05, 0.1) is 0 Å². The molecule has 0 amide bonds. The van der Waals surface area contributed by atoms with Gasteiger partial charge in [0.15, 0.2) is 11.5 Å². The van der Waals surface area contributed by atoms with Gasteiger partial charge in [0.2, 0.25) is 0 Å². The second-order valence-electron chi connectivity index (χ2n) is 2.79. The van der Waals surface area contributed by atoms with E-state index in [0.29, 0.717) is 13.2 Å². The summed E-state index contributed by atoms with van der Waals surface area (Å²) >= 11 is 5.57. The summed E-state index contributed by atoms with van der Waals surface area (Å²) in [5, 5.41) is 0. The van der Waals surface area contributed by atoms with Crippen molar-refractivity contribution >= 4 is 11.6 Å². The summed E-state index contributed by atoms with van der Waals surface area (Å²) in [7, 11) is 0. The molecule has 0 unspecified atom stereocenters. The molecule has 0 spiro atoms. The molecule has 0 N–H and O–H groups in total. The van der Waals surface area contributed by atoms with E-state index in [1.807, 2.05) is 24.3 Å². The van der Waals surface area contributed by atoms with E-state index in [1.165, 1.54) is 5.54 Å². The Hall–Kier alpha value is -1.15. The van der Waals surface area contributed by atoms with Crippen molar-refractivity contribution in [2.75, 3.05) is 13.2 Å². The number of para-hydroxylation sites is 2. The van der Waals surface area contributed by atoms with Crippen molar-refractivity contribution in [1.82, 2.24) is 0 Å². The lowest BCUT2D eigenvalue weighted by Crippen LogP contribution is -2.03. The highest BCUT2D eigenvalue weighted by Crippen LogP contribution is 2.29. The zero-order valence-electron chi connectivity index (χ0n) is 7.00. The quantitative estimate of drug-likeness (QED) is 0.635. The van der Waals surface area contributed by atoms with Crippen LogP contribution in [0.3, 0.4) is 0 Å². The van der Waals surface area contributed by atoms with Crippen LogP contribution < -0.4 is 9.47 Å². The van der Waals surface area contributed by atoms with E-state index in [9.17, 15) is 0 Å². The van der Waals surface area contributed by atoms with Gasteiger partial charge in [-0.05, 0) is 12.1 Å². The Kier molecular flexibility index (Phi) is 2.41. The minimum atomic E-state index is 0.501. The fraction of sp³-hybridized carbons (Fsp3) is 0.200. The molecule has 0 radical (unpaired) electrons. The van der Waals surface area contributed by atoms with E-state index in [2.05, 4.69) is 0 Å². The molecule has 0 aliphatic carbocycles. The van der Waals surface area contributed by atoms with E-state index in [1.54, 1.807) is 0 Å². The maximum atomic E-state index is 5.57. The summed E-state index contributed by atoms with van der Waals surface area (Å²) in [5.41, 5.74) is 2.45. The molecule has 2 nitrogen and oxygen atoms in total. The topological polar surface area (TPSA) is 18.5 Å². The predicted molar refractivity (Wildman–Crippen MR) is 51.4 cm³/mol. The highest BCUT2D eigenvalue weighted by molar-refractivity contribution is 6.25. The van der Waals surface area contributed by atoms with E-state index in [-0.39, 0.29) is 0 Å². The molecular formula is C10H9ClO2. The maximum absolute atomic E-state index is 5.57. The molecule has 0 saturated heterocycles. The first-order valence-corrected chi connectivity index (χ1v) is 4.46. The molecule has 13 heavy (non-hydrogen) atoms. The molecule has 0 bridgehead atoms. The van der Waals surface area contributed by atoms with Crippen molar-refractivity contribution in [1.29, 1.82) is 0 Å². The van der Waals surface area contributed by atoms with E-state index in [0.717, 1.165) is 17.1 Å². The Morgan fingerprint density at radius 2 is 1.62 bits per heavy atom. The van der Waals surface area contributed by atoms with Gasteiger partial charge in [0.1, 0.15) is 13.2 Å². The van der Waals surface area contributed by atoms with Crippen LogP contribution in [0.2, 0.25) is 0 Å². The summed E-state index contributed by atoms with van der Waals surface area (Å²) in [4.78, 5) is 0. The standard InChI is InChI=1S/C10H9ClO2/c11-5-8-6-12-9-3-1-2-4-10(9)13-7-8/h1-5H,6-7H2. The first kappa shape index (κ1) is 8.45. The smallest absolute Gasteiger partial charge is 0.161 e. The molecule has 2 rings (SSSR count). The number of benzene rings is 1. The minimum absolute atomic E-state index is 0.501. The first-order chi connectivity index (χ1) is 6.40. The highest BCUT2D eigenvalue weighted by Gasteiger charge is 2.10. The highest BCUT2D eigenvalue weighted by atomic mass is 35.5. The third-order valence-electron chi connectivity index (χ3n) is 1.83. The fourth-order valence-electron chi connectivity index (χ4n) is 1.13. The summed E-state index contributed by atoms with van der Waals surface area (Å²) in [5.74, 6) is 1.55. The van der Waals surface area contributed by atoms with Gasteiger partial charge in [-0.1, -0.05) is 23.7 Å². The summed E-state index contributed by atoms with van der Waals surface area (Å²) in [6, 6.07) is 7.59. The Morgan fingerprint density at radius 1 is 1.08 bits per heavy atom. The van der Waals surface area contributed by atoms with Gasteiger partial charge in [-0.15, -0.1) is 0 Å². The number of hydrogen-bond acceptors (Lipinski definition) is 2. The average Bonchev–Trinajstić information content (AvgIpc) is 2.39. The van der Waals surface area contributed by atoms with Crippen LogP contribution >= 0.6 is 11.6 Å². The van der Waals surface area contributed by atoms with Crippen LogP contribution in [0.25, 0.3) is 0 Å². The van der Waals surface area contributed by atoms with Gasteiger partial charge in [-0.25, -0.2) is 0 Å². The SMILES string of the molecule is ClC=C1COc2ccccc2OC1. The largest absolute Gasteiger partial charge is 0.485 e. The minimum Gasteiger partial charge on any atom is -0.485 e. The van der Waals surface area contributed by atoms with Crippen molar-refractivity contribution in [3.8, 4) is 11.5 Å². The van der Waals surface area contributed by atoms with Crippen molar-refractivity contribution in [2.45, 2.75) is 0 Å². The molecule has 1 heterocycles. The lowest BCUT2D eigenvalue weighted by Gasteiger charge is -2.04. The van der Waals surface area contributed by atoms with Gasteiger partial charge in [-0.2, -0.15) is 0 Å². The van der Waals surface area contributed by atoms with Crippen LogP contribution in [-0.4, -0.2) is 13.2 Å². The van der Waals surface area contributed by atoms with Gasteiger partial charge in [-0.3, -0.25) is 0 Å². The van der Waals surface area contributed by atoms with Crippen molar-refractivity contribution in [2.24, 2.45) is 0 Å². The second kappa shape index (κ2) is 3.71. The molecule has 3 heteroatoms. The molecule has 68 valence electrons. The predicted octanol–water partition coefficient (Wildman–Crippen LogP) is 2.58. The summed E-state index contributed by atoms with van der Waals surface area (Å²) in [6.07, 6.45) is 0. The number of hydrogen-bond donors (Lipinski definition) is 0. The normalized spacial score (nSPS) is 15.0. The molecule has 1 aliphatic heterocycles. The van der Waals surface area contributed by atoms with Crippen LogP contribution in [-0.2, 0) is 0 Å². The molecule has 1 aromatic carbocycles. The van der Waals surface area contributed by atoms with Crippen LogP contribution in [0.5, 0.6) is 11.5 Å². The molecular weight excluding hydrogens is 188 g/mol. The number of ether oxygens (including phenoxy) is 2. The Bertz CT molecular complexity index is 304. The molecule has 1 aliphatic rings. The third-order valence-corrected chi connectivity index (χ3v) is 2.14. The molecule has 0 atom stereocenters. The van der Waals surface area contributed by atoms with E-state index < -0.39 is 0 Å². The zero-order valence-corrected chi connectivity index (χ0v) is 7.75.